The second-order valence-corrected chi connectivity index (χ2v) is 8.45. The lowest BCUT2D eigenvalue weighted by Crippen LogP contribution is -2.29. The molecule has 1 aliphatic rings. The molecule has 174 valence electrons. The van der Waals surface area contributed by atoms with Crippen molar-refractivity contribution in [2.45, 2.75) is 23.9 Å². The minimum atomic E-state index is -0.584. The van der Waals surface area contributed by atoms with Gasteiger partial charge in [0.05, 0.1) is 18.2 Å². The van der Waals surface area contributed by atoms with E-state index in [1.165, 1.54) is 24.9 Å². The number of ether oxygens (including phenoxy) is 2. The van der Waals surface area contributed by atoms with Gasteiger partial charge in [-0.1, -0.05) is 66.9 Å². The number of aromatic nitrogens is 3. The number of benzene rings is 2. The largest absolute Gasteiger partial charge is 0.465 e. The fourth-order valence-electron chi connectivity index (χ4n) is 3.62. The summed E-state index contributed by atoms with van der Waals surface area (Å²) in [5, 5.41) is 8.46. The first-order chi connectivity index (χ1) is 16.5. The van der Waals surface area contributed by atoms with E-state index in [2.05, 4.69) is 16.9 Å². The SMILES string of the molecule is C=CCOC(=O)C1=C(C)Nc2nc(SCc3ccccc3)nn2C1c1ccc(C(=O)OC)cc1. The van der Waals surface area contributed by atoms with Crippen LogP contribution in [0.1, 0.15) is 34.5 Å². The van der Waals surface area contributed by atoms with E-state index in [0.717, 1.165) is 11.1 Å². The molecule has 0 aliphatic carbocycles. The van der Waals surface area contributed by atoms with Crippen molar-refractivity contribution in [3.8, 4) is 0 Å². The molecule has 0 amide bonds. The maximum Gasteiger partial charge on any atom is 0.338 e. The molecule has 1 N–H and O–H groups in total. The van der Waals surface area contributed by atoms with Crippen LogP contribution in [0.3, 0.4) is 0 Å². The Morgan fingerprint density at radius 2 is 1.88 bits per heavy atom. The monoisotopic (exact) mass is 476 g/mol. The first kappa shape index (κ1) is 23.3. The minimum absolute atomic E-state index is 0.0893. The van der Waals surface area contributed by atoms with Crippen molar-refractivity contribution in [2.75, 3.05) is 19.0 Å². The second kappa shape index (κ2) is 10.4. The summed E-state index contributed by atoms with van der Waals surface area (Å²) in [6, 6.07) is 16.3. The zero-order chi connectivity index (χ0) is 24.1. The first-order valence-corrected chi connectivity index (χ1v) is 11.6. The van der Waals surface area contributed by atoms with Gasteiger partial charge < -0.3 is 14.8 Å². The molecule has 4 rings (SSSR count). The highest BCUT2D eigenvalue weighted by atomic mass is 32.2. The molecule has 0 saturated carbocycles. The first-order valence-electron chi connectivity index (χ1n) is 10.6. The van der Waals surface area contributed by atoms with E-state index in [0.29, 0.717) is 33.7 Å². The Kier molecular flexibility index (Phi) is 7.12. The summed E-state index contributed by atoms with van der Waals surface area (Å²) >= 11 is 1.51. The molecule has 0 bridgehead atoms. The number of carbonyl (C=O) groups excluding carboxylic acids is 2. The number of hydrogen-bond donors (Lipinski definition) is 1. The number of nitrogens with one attached hydrogen (secondary N) is 1. The topological polar surface area (TPSA) is 95.3 Å². The zero-order valence-electron chi connectivity index (χ0n) is 18.9. The molecule has 1 atom stereocenters. The van der Waals surface area contributed by atoms with Crippen LogP contribution >= 0.6 is 11.8 Å². The number of hydrogen-bond acceptors (Lipinski definition) is 8. The summed E-state index contributed by atoms with van der Waals surface area (Å²) in [7, 11) is 1.33. The lowest BCUT2D eigenvalue weighted by molar-refractivity contribution is -0.138. The summed E-state index contributed by atoms with van der Waals surface area (Å²) in [4.78, 5) is 29.5. The van der Waals surface area contributed by atoms with Crippen LogP contribution in [0.5, 0.6) is 0 Å². The third kappa shape index (κ3) is 4.89. The van der Waals surface area contributed by atoms with Crippen LogP contribution in [0, 0.1) is 0 Å². The van der Waals surface area contributed by atoms with Crippen molar-refractivity contribution < 1.29 is 19.1 Å². The molecule has 0 saturated heterocycles. The Balaban J connectivity index is 1.70. The maximum atomic E-state index is 13.0. The van der Waals surface area contributed by atoms with Gasteiger partial charge in [0.15, 0.2) is 0 Å². The van der Waals surface area contributed by atoms with Crippen molar-refractivity contribution in [1.82, 2.24) is 14.8 Å². The molecule has 0 radical (unpaired) electrons. The molecule has 0 fully saturated rings. The van der Waals surface area contributed by atoms with E-state index in [1.807, 2.05) is 30.3 Å². The standard InChI is InChI=1S/C25H24N4O4S/c1-4-14-33-23(31)20-16(2)26-24-27-25(34-15-17-8-6-5-7-9-17)28-29(24)21(20)18-10-12-19(13-11-18)22(30)32-3/h4-13,21H,1,14-15H2,2-3H3,(H,26,27,28). The molecule has 1 aromatic heterocycles. The summed E-state index contributed by atoms with van der Waals surface area (Å²) in [6.07, 6.45) is 1.52. The predicted molar refractivity (Wildman–Crippen MR) is 129 cm³/mol. The molecule has 2 aromatic carbocycles. The highest BCUT2D eigenvalue weighted by Crippen LogP contribution is 2.37. The van der Waals surface area contributed by atoms with Crippen LogP contribution in [0.4, 0.5) is 5.95 Å². The normalized spacial score (nSPS) is 14.7. The highest BCUT2D eigenvalue weighted by molar-refractivity contribution is 7.98. The molecule has 0 spiro atoms. The molecule has 1 unspecified atom stereocenters. The van der Waals surface area contributed by atoms with Crippen molar-refractivity contribution in [2.24, 2.45) is 0 Å². The van der Waals surface area contributed by atoms with E-state index in [-0.39, 0.29) is 6.61 Å². The van der Waals surface area contributed by atoms with E-state index >= 15 is 0 Å². The van der Waals surface area contributed by atoms with Gasteiger partial charge in [0, 0.05) is 11.4 Å². The second-order valence-electron chi connectivity index (χ2n) is 7.50. The number of anilines is 1. The van der Waals surface area contributed by atoms with Gasteiger partial charge >= 0.3 is 11.9 Å². The van der Waals surface area contributed by atoms with Crippen molar-refractivity contribution >= 4 is 29.6 Å². The van der Waals surface area contributed by atoms with Gasteiger partial charge in [-0.25, -0.2) is 14.3 Å². The van der Waals surface area contributed by atoms with Gasteiger partial charge in [-0.05, 0) is 30.2 Å². The number of thioether (sulfide) groups is 1. The number of allylic oxidation sites excluding steroid dienone is 1. The molecule has 34 heavy (non-hydrogen) atoms. The van der Waals surface area contributed by atoms with E-state index in [9.17, 15) is 9.59 Å². The molecular formula is C25H24N4O4S. The van der Waals surface area contributed by atoms with Crippen LogP contribution in [-0.2, 0) is 20.0 Å². The van der Waals surface area contributed by atoms with Crippen LogP contribution in [0.25, 0.3) is 0 Å². The number of methoxy groups -OCH3 is 1. The van der Waals surface area contributed by atoms with E-state index in [1.54, 1.807) is 35.9 Å². The Labute approximate surface area is 201 Å². The van der Waals surface area contributed by atoms with Gasteiger partial charge in [-0.3, -0.25) is 0 Å². The average molecular weight is 477 g/mol. The van der Waals surface area contributed by atoms with Crippen LogP contribution in [0.15, 0.2) is 83.7 Å². The molecule has 8 nitrogen and oxygen atoms in total. The minimum Gasteiger partial charge on any atom is -0.465 e. The van der Waals surface area contributed by atoms with Crippen molar-refractivity contribution in [1.29, 1.82) is 0 Å². The number of rotatable bonds is 8. The Hall–Kier alpha value is -3.85. The number of carbonyl (C=O) groups is 2. The van der Waals surface area contributed by atoms with Crippen LogP contribution in [0.2, 0.25) is 0 Å². The van der Waals surface area contributed by atoms with Crippen LogP contribution < -0.4 is 5.32 Å². The summed E-state index contributed by atoms with van der Waals surface area (Å²) in [6.45, 7) is 5.50. The van der Waals surface area contributed by atoms with Crippen molar-refractivity contribution in [3.63, 3.8) is 0 Å². The highest BCUT2D eigenvalue weighted by Gasteiger charge is 2.35. The van der Waals surface area contributed by atoms with Gasteiger partial charge in [-0.2, -0.15) is 4.98 Å². The Bertz CT molecular complexity index is 1240. The van der Waals surface area contributed by atoms with Gasteiger partial charge in [0.2, 0.25) is 11.1 Å². The molecule has 9 heteroatoms. The number of fused-ring (bicyclic) bond motifs is 1. The fourth-order valence-corrected chi connectivity index (χ4v) is 4.40. The summed E-state index contributed by atoms with van der Waals surface area (Å²) in [5.41, 5.74) is 3.35. The number of esters is 2. The van der Waals surface area contributed by atoms with Gasteiger partial charge in [0.1, 0.15) is 12.6 Å². The maximum absolute atomic E-state index is 13.0. The lowest BCUT2D eigenvalue weighted by Gasteiger charge is -2.28. The molecular weight excluding hydrogens is 452 g/mol. The fraction of sp³-hybridized carbons (Fsp3) is 0.200. The van der Waals surface area contributed by atoms with E-state index < -0.39 is 18.0 Å². The summed E-state index contributed by atoms with van der Waals surface area (Å²) < 4.78 is 11.8. The van der Waals surface area contributed by atoms with Gasteiger partial charge in [-0.15, -0.1) is 5.10 Å². The predicted octanol–water partition coefficient (Wildman–Crippen LogP) is 4.38. The number of nitrogens with zero attached hydrogens (tertiary/aromatic N) is 3. The quantitative estimate of drug-likeness (QED) is 0.291. The Morgan fingerprint density at radius 1 is 1.15 bits per heavy atom. The molecule has 2 heterocycles. The Morgan fingerprint density at radius 3 is 2.56 bits per heavy atom. The van der Waals surface area contributed by atoms with Crippen molar-refractivity contribution in [3.05, 3.63) is 95.2 Å². The molecule has 3 aromatic rings. The zero-order valence-corrected chi connectivity index (χ0v) is 19.7. The van der Waals surface area contributed by atoms with Gasteiger partial charge in [0.25, 0.3) is 0 Å². The lowest BCUT2D eigenvalue weighted by atomic mass is 9.95. The average Bonchev–Trinajstić information content (AvgIpc) is 3.27. The third-order valence-corrected chi connectivity index (χ3v) is 6.15. The smallest absolute Gasteiger partial charge is 0.338 e. The summed E-state index contributed by atoms with van der Waals surface area (Å²) in [5.74, 6) is 0.320. The van der Waals surface area contributed by atoms with Crippen LogP contribution in [-0.4, -0.2) is 40.4 Å². The van der Waals surface area contributed by atoms with E-state index in [4.69, 9.17) is 14.6 Å². The molecule has 1 aliphatic heterocycles. The third-order valence-electron chi connectivity index (χ3n) is 5.24.